The van der Waals surface area contributed by atoms with Crippen LogP contribution in [0.2, 0.25) is 0 Å². The number of rotatable bonds is 6. The van der Waals surface area contributed by atoms with Crippen LogP contribution in [0.25, 0.3) is 0 Å². The lowest BCUT2D eigenvalue weighted by Gasteiger charge is -2.09. The predicted octanol–water partition coefficient (Wildman–Crippen LogP) is 1.54. The van der Waals surface area contributed by atoms with Gasteiger partial charge in [0, 0.05) is 6.54 Å². The van der Waals surface area contributed by atoms with Crippen LogP contribution in [0.3, 0.4) is 0 Å². The lowest BCUT2D eigenvalue weighted by Crippen LogP contribution is -2.30. The molecule has 1 saturated carbocycles. The van der Waals surface area contributed by atoms with Crippen LogP contribution in [0.4, 0.5) is 4.39 Å². The summed E-state index contributed by atoms with van der Waals surface area (Å²) in [6.45, 7) is 0.356. The van der Waals surface area contributed by atoms with Gasteiger partial charge in [-0.25, -0.2) is 4.39 Å². The molecule has 18 heavy (non-hydrogen) atoms. The van der Waals surface area contributed by atoms with E-state index in [0.717, 1.165) is 12.8 Å². The number of hydrogen-bond acceptors (Lipinski definition) is 3. The first-order valence-corrected chi connectivity index (χ1v) is 5.84. The Morgan fingerprint density at radius 2 is 2.28 bits per heavy atom. The van der Waals surface area contributed by atoms with Gasteiger partial charge >= 0.3 is 0 Å². The molecule has 0 aliphatic heterocycles. The van der Waals surface area contributed by atoms with Crippen LogP contribution in [0, 0.1) is 11.7 Å². The van der Waals surface area contributed by atoms with E-state index in [0.29, 0.717) is 18.7 Å². The molecule has 0 radical (unpaired) electrons. The van der Waals surface area contributed by atoms with E-state index >= 15 is 0 Å². The molecule has 96 valence electrons. The molecule has 0 heterocycles. The third-order valence-electron chi connectivity index (χ3n) is 2.76. The van der Waals surface area contributed by atoms with Crippen molar-refractivity contribution in [2.24, 2.45) is 5.92 Å². The first-order valence-electron chi connectivity index (χ1n) is 5.84. The lowest BCUT2D eigenvalue weighted by atomic mass is 10.2. The molecule has 1 fully saturated rings. The highest BCUT2D eigenvalue weighted by Crippen LogP contribution is 2.27. The van der Waals surface area contributed by atoms with E-state index in [9.17, 15) is 14.0 Å². The molecule has 1 amide bonds. The number of halogens is 1. The summed E-state index contributed by atoms with van der Waals surface area (Å²) < 4.78 is 18.5. The van der Waals surface area contributed by atoms with E-state index in [4.69, 9.17) is 4.74 Å². The summed E-state index contributed by atoms with van der Waals surface area (Å²) in [7, 11) is 0. The van der Waals surface area contributed by atoms with Crippen LogP contribution in [0.1, 0.15) is 23.2 Å². The second kappa shape index (κ2) is 5.62. The van der Waals surface area contributed by atoms with Crippen LogP contribution < -0.4 is 10.1 Å². The van der Waals surface area contributed by atoms with Crippen LogP contribution in [0.15, 0.2) is 18.2 Å². The van der Waals surface area contributed by atoms with Crippen LogP contribution in [-0.4, -0.2) is 25.3 Å². The summed E-state index contributed by atoms with van der Waals surface area (Å²) in [5, 5.41) is 2.70. The molecule has 1 aromatic carbocycles. The normalized spacial score (nSPS) is 14.1. The number of hydrogen-bond donors (Lipinski definition) is 1. The number of para-hydroxylation sites is 1. The number of carbonyl (C=O) groups excluding carboxylic acids is 2. The first kappa shape index (κ1) is 12.5. The van der Waals surface area contributed by atoms with Gasteiger partial charge in [0.2, 0.25) is 0 Å². The molecular weight excluding hydrogens is 237 g/mol. The fourth-order valence-corrected chi connectivity index (χ4v) is 1.54. The Kier molecular flexibility index (Phi) is 3.92. The van der Waals surface area contributed by atoms with Gasteiger partial charge in [0.1, 0.15) is 0 Å². The average Bonchev–Trinajstić information content (AvgIpc) is 3.18. The fraction of sp³-hybridized carbons (Fsp3) is 0.385. The maximum Gasteiger partial charge on any atom is 0.257 e. The van der Waals surface area contributed by atoms with Crippen LogP contribution in [0.5, 0.6) is 5.75 Å². The average molecular weight is 251 g/mol. The SMILES string of the molecule is O=Cc1cccc(F)c1OCC(=O)NCC1CC1. The van der Waals surface area contributed by atoms with Crippen molar-refractivity contribution in [3.05, 3.63) is 29.6 Å². The van der Waals surface area contributed by atoms with Crippen molar-refractivity contribution >= 4 is 12.2 Å². The van der Waals surface area contributed by atoms with Crippen molar-refractivity contribution in [2.75, 3.05) is 13.2 Å². The van der Waals surface area contributed by atoms with Gasteiger partial charge in [0.15, 0.2) is 24.5 Å². The molecule has 4 nitrogen and oxygen atoms in total. The Morgan fingerprint density at radius 3 is 2.94 bits per heavy atom. The molecule has 0 spiro atoms. The highest BCUT2D eigenvalue weighted by molar-refractivity contribution is 5.81. The monoisotopic (exact) mass is 251 g/mol. The van der Waals surface area contributed by atoms with Crippen molar-refractivity contribution in [1.82, 2.24) is 5.32 Å². The summed E-state index contributed by atoms with van der Waals surface area (Å²) in [5.74, 6) is -0.543. The number of ether oxygens (including phenoxy) is 1. The number of amides is 1. The third kappa shape index (κ3) is 3.29. The molecule has 2 rings (SSSR count). The Labute approximate surface area is 104 Å². The lowest BCUT2D eigenvalue weighted by molar-refractivity contribution is -0.123. The minimum Gasteiger partial charge on any atom is -0.480 e. The highest BCUT2D eigenvalue weighted by atomic mass is 19.1. The van der Waals surface area contributed by atoms with Gasteiger partial charge in [-0.15, -0.1) is 0 Å². The Balaban J connectivity index is 1.88. The highest BCUT2D eigenvalue weighted by Gasteiger charge is 2.21. The zero-order valence-electron chi connectivity index (χ0n) is 9.82. The molecule has 1 N–H and O–H groups in total. The quantitative estimate of drug-likeness (QED) is 0.780. The number of aldehydes is 1. The van der Waals surface area contributed by atoms with Gasteiger partial charge in [-0.1, -0.05) is 6.07 Å². The smallest absolute Gasteiger partial charge is 0.257 e. The second-order valence-electron chi connectivity index (χ2n) is 4.31. The van der Waals surface area contributed by atoms with E-state index in [1.165, 1.54) is 18.2 Å². The topological polar surface area (TPSA) is 55.4 Å². The zero-order valence-corrected chi connectivity index (χ0v) is 9.82. The minimum absolute atomic E-state index is 0.102. The summed E-state index contributed by atoms with van der Waals surface area (Å²) in [4.78, 5) is 22.1. The van der Waals surface area contributed by atoms with Gasteiger partial charge in [-0.2, -0.15) is 0 Å². The van der Waals surface area contributed by atoms with Gasteiger partial charge in [0.05, 0.1) is 5.56 Å². The second-order valence-corrected chi connectivity index (χ2v) is 4.31. The van der Waals surface area contributed by atoms with Crippen molar-refractivity contribution < 1.29 is 18.7 Å². The van der Waals surface area contributed by atoms with Crippen LogP contribution >= 0.6 is 0 Å². The Hall–Kier alpha value is -1.91. The minimum atomic E-state index is -0.644. The maximum absolute atomic E-state index is 13.4. The summed E-state index contributed by atoms with van der Waals surface area (Å²) >= 11 is 0. The van der Waals surface area contributed by atoms with E-state index in [2.05, 4.69) is 5.32 Å². The maximum atomic E-state index is 13.4. The van der Waals surface area contributed by atoms with E-state index in [1.54, 1.807) is 0 Å². The molecule has 0 unspecified atom stereocenters. The van der Waals surface area contributed by atoms with Crippen molar-refractivity contribution in [2.45, 2.75) is 12.8 Å². The zero-order chi connectivity index (χ0) is 13.0. The van der Waals surface area contributed by atoms with Gasteiger partial charge in [-0.3, -0.25) is 9.59 Å². The van der Waals surface area contributed by atoms with E-state index in [-0.39, 0.29) is 23.8 Å². The van der Waals surface area contributed by atoms with Gasteiger partial charge in [-0.05, 0) is 30.9 Å². The molecule has 0 aromatic heterocycles. The molecule has 1 aliphatic carbocycles. The Morgan fingerprint density at radius 1 is 1.50 bits per heavy atom. The predicted molar refractivity (Wildman–Crippen MR) is 63.0 cm³/mol. The molecule has 0 bridgehead atoms. The fourth-order valence-electron chi connectivity index (χ4n) is 1.54. The molecule has 5 heteroatoms. The number of nitrogens with one attached hydrogen (secondary N) is 1. The summed E-state index contributed by atoms with van der Waals surface area (Å²) in [5.41, 5.74) is 0.102. The summed E-state index contributed by atoms with van der Waals surface area (Å²) in [6.07, 6.45) is 2.79. The van der Waals surface area contributed by atoms with Crippen molar-refractivity contribution in [3.8, 4) is 5.75 Å². The van der Waals surface area contributed by atoms with E-state index < -0.39 is 5.82 Å². The molecule has 0 saturated heterocycles. The summed E-state index contributed by atoms with van der Waals surface area (Å²) in [6, 6.07) is 4.04. The van der Waals surface area contributed by atoms with Crippen LogP contribution in [-0.2, 0) is 4.79 Å². The van der Waals surface area contributed by atoms with Crippen molar-refractivity contribution in [3.63, 3.8) is 0 Å². The van der Waals surface area contributed by atoms with Crippen molar-refractivity contribution in [1.29, 1.82) is 0 Å². The molecule has 1 aliphatic rings. The molecule has 1 aromatic rings. The largest absolute Gasteiger partial charge is 0.480 e. The first-order chi connectivity index (χ1) is 8.70. The molecular formula is C13H14FNO3. The van der Waals surface area contributed by atoms with E-state index in [1.807, 2.05) is 0 Å². The standard InChI is InChI=1S/C13H14FNO3/c14-11-3-1-2-10(7-16)13(11)18-8-12(17)15-6-9-4-5-9/h1-3,7,9H,4-6,8H2,(H,15,17). The Bertz CT molecular complexity index is 458. The molecule has 0 atom stereocenters. The third-order valence-corrected chi connectivity index (χ3v) is 2.76. The van der Waals surface area contributed by atoms with Gasteiger partial charge in [0.25, 0.3) is 5.91 Å². The number of carbonyl (C=O) groups is 2. The number of benzene rings is 1. The van der Waals surface area contributed by atoms with Gasteiger partial charge < -0.3 is 10.1 Å².